The fraction of sp³-hybridized carbons (Fsp3) is 0.150. The summed E-state index contributed by atoms with van der Waals surface area (Å²) in [6.45, 7) is 7.55. The molecule has 2 aromatic carbocycles. The van der Waals surface area contributed by atoms with Crippen molar-refractivity contribution in [2.24, 2.45) is 7.05 Å². The van der Waals surface area contributed by atoms with Crippen LogP contribution in [0, 0.1) is 6.57 Å². The summed E-state index contributed by atoms with van der Waals surface area (Å²) in [5.41, 5.74) is 2.76. The van der Waals surface area contributed by atoms with Crippen LogP contribution in [0.3, 0.4) is 0 Å². The first-order valence-corrected chi connectivity index (χ1v) is 8.11. The maximum absolute atomic E-state index is 13.0. The normalized spacial score (nSPS) is 11.0. The first-order chi connectivity index (χ1) is 12.6. The van der Waals surface area contributed by atoms with E-state index in [2.05, 4.69) is 9.94 Å². The summed E-state index contributed by atoms with van der Waals surface area (Å²) in [5.74, 6) is 0.743. The van der Waals surface area contributed by atoms with E-state index in [1.165, 1.54) is 4.68 Å². The van der Waals surface area contributed by atoms with E-state index in [1.807, 2.05) is 41.9 Å². The average Bonchev–Trinajstić information content (AvgIpc) is 2.96. The number of ether oxygens (including phenoxy) is 1. The van der Waals surface area contributed by atoms with E-state index in [1.54, 1.807) is 25.4 Å². The van der Waals surface area contributed by atoms with Gasteiger partial charge in [0.05, 0.1) is 26.4 Å². The van der Waals surface area contributed by atoms with Gasteiger partial charge in [0.1, 0.15) is 11.3 Å². The smallest absolute Gasteiger partial charge is 0.291 e. The molecule has 0 saturated heterocycles. The predicted molar refractivity (Wildman–Crippen MR) is 101 cm³/mol. The highest BCUT2D eigenvalue weighted by molar-refractivity contribution is 6.08. The maximum atomic E-state index is 13.0. The van der Waals surface area contributed by atoms with Gasteiger partial charge in [-0.25, -0.2) is 9.53 Å². The molecule has 0 N–H and O–H groups in total. The highest BCUT2D eigenvalue weighted by atomic mass is 16.5. The van der Waals surface area contributed by atoms with Gasteiger partial charge in [0, 0.05) is 23.3 Å². The molecule has 128 valence electrons. The number of nitrogens with zero attached hydrogens (tertiary/aromatic N) is 4. The van der Waals surface area contributed by atoms with E-state index in [0.717, 1.165) is 27.6 Å². The van der Waals surface area contributed by atoms with Gasteiger partial charge in [0.2, 0.25) is 0 Å². The molecule has 0 aliphatic carbocycles. The Balaban J connectivity index is 1.89. The van der Waals surface area contributed by atoms with Crippen LogP contribution in [0.4, 0.5) is 5.69 Å². The minimum atomic E-state index is -0.159. The van der Waals surface area contributed by atoms with Crippen LogP contribution in [0.2, 0.25) is 0 Å². The van der Waals surface area contributed by atoms with Crippen LogP contribution in [-0.2, 0) is 13.6 Å². The first kappa shape index (κ1) is 15.9. The highest BCUT2D eigenvalue weighted by Gasteiger charge is 2.14. The van der Waals surface area contributed by atoms with Gasteiger partial charge in [-0.1, -0.05) is 24.3 Å². The van der Waals surface area contributed by atoms with Crippen molar-refractivity contribution < 1.29 is 4.74 Å². The molecule has 2 heterocycles. The molecule has 26 heavy (non-hydrogen) atoms. The van der Waals surface area contributed by atoms with Gasteiger partial charge < -0.3 is 9.30 Å². The Morgan fingerprint density at radius 3 is 2.81 bits per heavy atom. The second-order valence-electron chi connectivity index (χ2n) is 6.09. The van der Waals surface area contributed by atoms with Crippen LogP contribution in [0.15, 0.2) is 53.5 Å². The van der Waals surface area contributed by atoms with Crippen molar-refractivity contribution in [1.29, 1.82) is 0 Å². The van der Waals surface area contributed by atoms with E-state index < -0.39 is 0 Å². The lowest BCUT2D eigenvalue weighted by atomic mass is 10.2. The summed E-state index contributed by atoms with van der Waals surface area (Å²) < 4.78 is 8.53. The molecule has 6 heteroatoms. The number of hydrogen-bond acceptors (Lipinski definition) is 3. The third-order valence-electron chi connectivity index (χ3n) is 4.58. The lowest BCUT2D eigenvalue weighted by molar-refractivity contribution is 0.414. The summed E-state index contributed by atoms with van der Waals surface area (Å²) in [5, 5.41) is 6.07. The average molecular weight is 344 g/mol. The number of benzene rings is 2. The first-order valence-electron chi connectivity index (χ1n) is 8.11. The number of rotatable bonds is 3. The van der Waals surface area contributed by atoms with Gasteiger partial charge in [0.25, 0.3) is 5.56 Å². The molecule has 0 bridgehead atoms. The number of methoxy groups -OCH3 is 1. The van der Waals surface area contributed by atoms with E-state index in [4.69, 9.17) is 11.3 Å². The van der Waals surface area contributed by atoms with Crippen LogP contribution in [0.5, 0.6) is 5.75 Å². The molecular formula is C20H16N4O2. The largest absolute Gasteiger partial charge is 0.497 e. The summed E-state index contributed by atoms with van der Waals surface area (Å²) in [7, 11) is 3.46. The van der Waals surface area contributed by atoms with Crippen LogP contribution in [0.25, 0.3) is 26.7 Å². The Kier molecular flexibility index (Phi) is 3.70. The highest BCUT2D eigenvalue weighted by Crippen LogP contribution is 2.28. The molecule has 4 rings (SSSR count). The Bertz CT molecular complexity index is 1240. The van der Waals surface area contributed by atoms with Gasteiger partial charge in [-0.2, -0.15) is 5.10 Å². The van der Waals surface area contributed by atoms with Gasteiger partial charge >= 0.3 is 0 Å². The predicted octanol–water partition coefficient (Wildman–Crippen LogP) is 3.50. The van der Waals surface area contributed by atoms with Crippen molar-refractivity contribution in [2.45, 2.75) is 6.54 Å². The van der Waals surface area contributed by atoms with Crippen molar-refractivity contribution in [3.05, 3.63) is 76.0 Å². The van der Waals surface area contributed by atoms with E-state index in [-0.39, 0.29) is 5.56 Å². The Morgan fingerprint density at radius 2 is 2.04 bits per heavy atom. The maximum Gasteiger partial charge on any atom is 0.291 e. The number of aryl methyl sites for hydroxylation is 1. The second-order valence-corrected chi connectivity index (χ2v) is 6.09. The molecule has 0 aliphatic heterocycles. The third kappa shape index (κ3) is 2.42. The molecule has 2 aromatic heterocycles. The fourth-order valence-corrected chi connectivity index (χ4v) is 3.27. The fourth-order valence-electron chi connectivity index (χ4n) is 3.27. The second kappa shape index (κ2) is 6.05. The Hall–Kier alpha value is -3.59. The molecule has 6 nitrogen and oxygen atoms in total. The van der Waals surface area contributed by atoms with E-state index in [9.17, 15) is 4.79 Å². The van der Waals surface area contributed by atoms with Crippen molar-refractivity contribution >= 4 is 27.5 Å². The summed E-state index contributed by atoms with van der Waals surface area (Å²) in [4.78, 5) is 16.5. The number of fused-ring (bicyclic) bond motifs is 3. The molecule has 0 radical (unpaired) electrons. The zero-order chi connectivity index (χ0) is 18.3. The zero-order valence-electron chi connectivity index (χ0n) is 14.4. The van der Waals surface area contributed by atoms with E-state index >= 15 is 0 Å². The summed E-state index contributed by atoms with van der Waals surface area (Å²) in [6.07, 6.45) is 1.72. The SMILES string of the molecule is [C-]#[N+]c1ccc2c3cnn(Cc4cccc(OC)c4)c(=O)c3n(C)c2c1. The van der Waals surface area contributed by atoms with E-state index in [0.29, 0.717) is 17.7 Å². The monoisotopic (exact) mass is 344 g/mol. The Labute approximate surface area is 149 Å². The number of aromatic nitrogens is 3. The zero-order valence-corrected chi connectivity index (χ0v) is 14.4. The van der Waals surface area contributed by atoms with Crippen molar-refractivity contribution in [2.75, 3.05) is 7.11 Å². The standard InChI is InChI=1S/C20H16N4O2/c1-21-14-7-8-16-17-11-22-24(12-13-5-4-6-15(9-13)26-3)20(25)19(17)23(2)18(16)10-14/h4-11H,12H2,2-3H3. The van der Waals surface area contributed by atoms with Crippen LogP contribution >= 0.6 is 0 Å². The molecule has 0 amide bonds. The van der Waals surface area contributed by atoms with Crippen molar-refractivity contribution in [3.8, 4) is 5.75 Å². The van der Waals surface area contributed by atoms with Crippen molar-refractivity contribution in [1.82, 2.24) is 14.3 Å². The number of hydrogen-bond donors (Lipinski definition) is 0. The molecule has 0 spiro atoms. The van der Waals surface area contributed by atoms with Crippen LogP contribution in [0.1, 0.15) is 5.56 Å². The lowest BCUT2D eigenvalue weighted by Gasteiger charge is -2.07. The van der Waals surface area contributed by atoms with Crippen molar-refractivity contribution in [3.63, 3.8) is 0 Å². The molecular weight excluding hydrogens is 328 g/mol. The minimum absolute atomic E-state index is 0.159. The summed E-state index contributed by atoms with van der Waals surface area (Å²) >= 11 is 0. The molecule has 0 aliphatic rings. The molecule has 4 aromatic rings. The molecule has 0 atom stereocenters. The van der Waals surface area contributed by atoms with Gasteiger partial charge in [0.15, 0.2) is 5.69 Å². The van der Waals surface area contributed by atoms with Gasteiger partial charge in [-0.05, 0) is 23.8 Å². The molecule has 0 unspecified atom stereocenters. The topological polar surface area (TPSA) is 53.4 Å². The minimum Gasteiger partial charge on any atom is -0.497 e. The van der Waals surface area contributed by atoms with Crippen LogP contribution in [-0.4, -0.2) is 21.5 Å². The molecule has 0 fully saturated rings. The Morgan fingerprint density at radius 1 is 1.19 bits per heavy atom. The lowest BCUT2D eigenvalue weighted by Crippen LogP contribution is -2.24. The third-order valence-corrected chi connectivity index (χ3v) is 4.58. The van der Waals surface area contributed by atoms with Crippen LogP contribution < -0.4 is 10.3 Å². The summed E-state index contributed by atoms with van der Waals surface area (Å²) in [6, 6.07) is 13.0. The van der Waals surface area contributed by atoms with Gasteiger partial charge in [-0.15, -0.1) is 0 Å². The molecule has 0 saturated carbocycles. The quantitative estimate of drug-likeness (QED) is 0.535. The van der Waals surface area contributed by atoms with Gasteiger partial charge in [-0.3, -0.25) is 4.79 Å².